The SMILES string of the molecule is Cl.NCC(F)(F)CNS(=O)(=O)c1ccc(Br)c(Cl)c1Cl. The Morgan fingerprint density at radius 3 is 2.35 bits per heavy atom. The van der Waals surface area contributed by atoms with E-state index in [1.54, 1.807) is 4.72 Å². The van der Waals surface area contributed by atoms with Gasteiger partial charge in [0.25, 0.3) is 5.92 Å². The van der Waals surface area contributed by atoms with Gasteiger partial charge in [-0.3, -0.25) is 0 Å². The molecule has 0 aliphatic heterocycles. The molecule has 0 aromatic heterocycles. The zero-order valence-electron chi connectivity index (χ0n) is 9.67. The van der Waals surface area contributed by atoms with Crippen LogP contribution in [-0.4, -0.2) is 27.4 Å². The Hall–Kier alpha value is 0.300. The van der Waals surface area contributed by atoms with Crippen molar-refractivity contribution in [2.45, 2.75) is 10.8 Å². The highest BCUT2D eigenvalue weighted by molar-refractivity contribution is 9.10. The zero-order chi connectivity index (χ0) is 14.8. The standard InChI is InChI=1S/C9H9BrCl2F2N2O2S.ClH/c10-5-1-2-6(8(12)7(5)11)19(17,18)16-4-9(13,14)3-15;/h1-2,16H,3-4,15H2;1H. The lowest BCUT2D eigenvalue weighted by atomic mass is 10.3. The van der Waals surface area contributed by atoms with Gasteiger partial charge in [-0.15, -0.1) is 12.4 Å². The van der Waals surface area contributed by atoms with Gasteiger partial charge >= 0.3 is 0 Å². The first-order valence-corrected chi connectivity index (χ1v) is 7.85. The van der Waals surface area contributed by atoms with Gasteiger partial charge in [-0.2, -0.15) is 0 Å². The van der Waals surface area contributed by atoms with Crippen molar-refractivity contribution in [3.8, 4) is 0 Å². The van der Waals surface area contributed by atoms with Crippen LogP contribution in [0.5, 0.6) is 0 Å². The molecular weight excluding hydrogens is 424 g/mol. The molecule has 3 N–H and O–H groups in total. The molecular formula is C9H10BrCl3F2N2O2S. The molecule has 0 saturated heterocycles. The number of hydrogen-bond donors (Lipinski definition) is 2. The molecule has 0 aliphatic rings. The highest BCUT2D eigenvalue weighted by Gasteiger charge is 2.30. The van der Waals surface area contributed by atoms with Crippen molar-refractivity contribution in [1.29, 1.82) is 0 Å². The molecule has 0 bridgehead atoms. The Labute approximate surface area is 139 Å². The van der Waals surface area contributed by atoms with E-state index < -0.39 is 29.0 Å². The monoisotopic (exact) mass is 432 g/mol. The lowest BCUT2D eigenvalue weighted by Crippen LogP contribution is -2.41. The Morgan fingerprint density at radius 1 is 1.30 bits per heavy atom. The van der Waals surface area contributed by atoms with Gasteiger partial charge in [0, 0.05) is 4.47 Å². The molecule has 0 saturated carbocycles. The van der Waals surface area contributed by atoms with Crippen molar-refractivity contribution in [3.05, 3.63) is 26.7 Å². The van der Waals surface area contributed by atoms with E-state index in [1.807, 2.05) is 0 Å². The molecule has 0 aliphatic carbocycles. The molecule has 0 heterocycles. The van der Waals surface area contributed by atoms with E-state index in [-0.39, 0.29) is 27.3 Å². The smallest absolute Gasteiger partial charge is 0.273 e. The van der Waals surface area contributed by atoms with Gasteiger partial charge in [0.1, 0.15) is 4.90 Å². The van der Waals surface area contributed by atoms with E-state index >= 15 is 0 Å². The Balaban J connectivity index is 0.00000361. The van der Waals surface area contributed by atoms with E-state index in [2.05, 4.69) is 15.9 Å². The summed E-state index contributed by atoms with van der Waals surface area (Å²) >= 11 is 14.6. The van der Waals surface area contributed by atoms with Crippen LogP contribution in [0, 0.1) is 0 Å². The van der Waals surface area contributed by atoms with Crippen LogP contribution in [0.25, 0.3) is 0 Å². The van der Waals surface area contributed by atoms with Crippen LogP contribution in [0.3, 0.4) is 0 Å². The summed E-state index contributed by atoms with van der Waals surface area (Å²) in [5.74, 6) is -3.33. The van der Waals surface area contributed by atoms with Crippen LogP contribution in [0.2, 0.25) is 10.0 Å². The molecule has 4 nitrogen and oxygen atoms in total. The molecule has 1 aromatic carbocycles. The molecule has 0 fully saturated rings. The van der Waals surface area contributed by atoms with Crippen LogP contribution in [0.15, 0.2) is 21.5 Å². The van der Waals surface area contributed by atoms with Gasteiger partial charge in [-0.25, -0.2) is 21.9 Å². The Morgan fingerprint density at radius 2 is 1.85 bits per heavy atom. The van der Waals surface area contributed by atoms with Crippen molar-refractivity contribution < 1.29 is 17.2 Å². The molecule has 116 valence electrons. The number of sulfonamides is 1. The maximum absolute atomic E-state index is 12.9. The molecule has 0 atom stereocenters. The second-order valence-electron chi connectivity index (χ2n) is 3.56. The van der Waals surface area contributed by atoms with Crippen molar-refractivity contribution >= 4 is 61.6 Å². The first-order chi connectivity index (χ1) is 8.60. The summed E-state index contributed by atoms with van der Waals surface area (Å²) in [5, 5.41) is -0.269. The number of nitrogens with one attached hydrogen (secondary N) is 1. The molecule has 11 heteroatoms. The summed E-state index contributed by atoms with van der Waals surface area (Å²) in [4.78, 5) is -0.379. The van der Waals surface area contributed by atoms with Crippen LogP contribution >= 0.6 is 51.5 Å². The fraction of sp³-hybridized carbons (Fsp3) is 0.333. The number of nitrogens with two attached hydrogens (primary N) is 1. The summed E-state index contributed by atoms with van der Waals surface area (Å²) in [6.07, 6.45) is 0. The first kappa shape index (κ1) is 20.3. The third-order valence-corrected chi connectivity index (χ3v) is 5.44. The maximum Gasteiger partial charge on any atom is 0.273 e. The number of rotatable bonds is 5. The van der Waals surface area contributed by atoms with Gasteiger partial charge in [-0.05, 0) is 28.1 Å². The van der Waals surface area contributed by atoms with Crippen molar-refractivity contribution in [2.75, 3.05) is 13.1 Å². The highest BCUT2D eigenvalue weighted by atomic mass is 79.9. The van der Waals surface area contributed by atoms with E-state index in [0.717, 1.165) is 6.07 Å². The minimum Gasteiger partial charge on any atom is -0.325 e. The van der Waals surface area contributed by atoms with Crippen LogP contribution < -0.4 is 10.5 Å². The van der Waals surface area contributed by atoms with Gasteiger partial charge in [0.05, 0.1) is 23.1 Å². The number of hydrogen-bond acceptors (Lipinski definition) is 3. The fourth-order valence-electron chi connectivity index (χ4n) is 1.07. The van der Waals surface area contributed by atoms with Crippen LogP contribution in [0.1, 0.15) is 0 Å². The predicted molar refractivity (Wildman–Crippen MR) is 80.6 cm³/mol. The third-order valence-electron chi connectivity index (χ3n) is 2.11. The van der Waals surface area contributed by atoms with Gasteiger partial charge in [-0.1, -0.05) is 23.2 Å². The summed E-state index contributed by atoms with van der Waals surface area (Å²) < 4.78 is 51.7. The summed E-state index contributed by atoms with van der Waals surface area (Å²) in [5.41, 5.74) is 4.81. The minimum atomic E-state index is -4.20. The second kappa shape index (κ2) is 7.53. The van der Waals surface area contributed by atoms with Crippen molar-refractivity contribution in [3.63, 3.8) is 0 Å². The average molecular weight is 435 g/mol. The van der Waals surface area contributed by atoms with E-state index in [0.29, 0.717) is 4.47 Å². The maximum atomic E-state index is 12.9. The molecule has 0 radical (unpaired) electrons. The minimum absolute atomic E-state index is 0. The van der Waals surface area contributed by atoms with E-state index in [1.165, 1.54) is 6.07 Å². The largest absolute Gasteiger partial charge is 0.325 e. The fourth-order valence-corrected chi connectivity index (χ4v) is 3.34. The molecule has 1 rings (SSSR count). The first-order valence-electron chi connectivity index (χ1n) is 4.82. The molecule has 20 heavy (non-hydrogen) atoms. The summed E-state index contributed by atoms with van der Waals surface area (Å²) in [6, 6.07) is 2.51. The zero-order valence-corrected chi connectivity index (χ0v) is 14.4. The van der Waals surface area contributed by atoms with E-state index in [9.17, 15) is 17.2 Å². The van der Waals surface area contributed by atoms with Crippen molar-refractivity contribution in [2.24, 2.45) is 5.73 Å². The highest BCUT2D eigenvalue weighted by Crippen LogP contribution is 2.35. The van der Waals surface area contributed by atoms with E-state index in [4.69, 9.17) is 28.9 Å². The molecule has 0 spiro atoms. The Kier molecular flexibility index (Phi) is 7.64. The molecule has 1 aromatic rings. The number of alkyl halides is 2. The lowest BCUT2D eigenvalue weighted by molar-refractivity contribution is 0.0170. The average Bonchev–Trinajstić information content (AvgIpc) is 2.34. The number of benzene rings is 1. The van der Waals surface area contributed by atoms with Crippen LogP contribution in [0.4, 0.5) is 8.78 Å². The normalized spacial score (nSPS) is 12.1. The van der Waals surface area contributed by atoms with Gasteiger partial charge in [0.15, 0.2) is 0 Å². The second-order valence-corrected chi connectivity index (χ2v) is 6.90. The van der Waals surface area contributed by atoms with Gasteiger partial charge < -0.3 is 5.73 Å². The summed E-state index contributed by atoms with van der Waals surface area (Å²) in [7, 11) is -4.20. The van der Waals surface area contributed by atoms with Crippen molar-refractivity contribution in [1.82, 2.24) is 4.72 Å². The molecule has 0 amide bonds. The molecule has 0 unspecified atom stereocenters. The third kappa shape index (κ3) is 4.94. The lowest BCUT2D eigenvalue weighted by Gasteiger charge is -2.15. The Bertz CT molecular complexity index is 587. The van der Waals surface area contributed by atoms with Gasteiger partial charge in [0.2, 0.25) is 10.0 Å². The topological polar surface area (TPSA) is 72.2 Å². The quantitative estimate of drug-likeness (QED) is 0.700. The summed E-state index contributed by atoms with van der Waals surface area (Å²) in [6.45, 7) is -2.08. The van der Waals surface area contributed by atoms with Crippen LogP contribution in [-0.2, 0) is 10.0 Å². The predicted octanol–water partition coefficient (Wildman–Crippen LogP) is 3.05. The number of halogens is 6.